The van der Waals surface area contributed by atoms with Crippen LogP contribution in [0.4, 0.5) is 0 Å². The second-order valence-electron chi connectivity index (χ2n) is 2.55. The van der Waals surface area contributed by atoms with E-state index in [0.29, 0.717) is 0 Å². The van der Waals surface area contributed by atoms with Crippen LogP contribution in [0.5, 0.6) is 0 Å². The van der Waals surface area contributed by atoms with Crippen molar-refractivity contribution in [1.29, 1.82) is 0 Å². The highest BCUT2D eigenvalue weighted by atomic mass is 16.5. The third-order valence-electron chi connectivity index (χ3n) is 1.80. The third kappa shape index (κ3) is 1.23. The standard InChI is InChI=1S/C6H14N2O/c1-7-3-6(8-2)4-9-5-6/h7-8H,3-5H2,1-2H3. The summed E-state index contributed by atoms with van der Waals surface area (Å²) in [5.41, 5.74) is 0.231. The molecule has 1 aliphatic heterocycles. The molecular weight excluding hydrogens is 116 g/mol. The molecule has 0 atom stereocenters. The van der Waals surface area contributed by atoms with Crippen molar-refractivity contribution in [2.45, 2.75) is 5.54 Å². The molecule has 0 aromatic carbocycles. The summed E-state index contributed by atoms with van der Waals surface area (Å²) in [4.78, 5) is 0. The fraction of sp³-hybridized carbons (Fsp3) is 1.00. The minimum absolute atomic E-state index is 0.231. The lowest BCUT2D eigenvalue weighted by Gasteiger charge is -2.41. The van der Waals surface area contributed by atoms with Crippen molar-refractivity contribution in [1.82, 2.24) is 10.6 Å². The minimum Gasteiger partial charge on any atom is -0.377 e. The lowest BCUT2D eigenvalue weighted by atomic mass is 9.98. The van der Waals surface area contributed by atoms with Crippen LogP contribution in [0.25, 0.3) is 0 Å². The van der Waals surface area contributed by atoms with Crippen LogP contribution in [-0.2, 0) is 4.74 Å². The molecule has 9 heavy (non-hydrogen) atoms. The van der Waals surface area contributed by atoms with E-state index >= 15 is 0 Å². The van der Waals surface area contributed by atoms with Gasteiger partial charge < -0.3 is 15.4 Å². The highest BCUT2D eigenvalue weighted by molar-refractivity contribution is 4.94. The fourth-order valence-electron chi connectivity index (χ4n) is 1.02. The second-order valence-corrected chi connectivity index (χ2v) is 2.55. The fourth-order valence-corrected chi connectivity index (χ4v) is 1.02. The molecule has 0 aliphatic carbocycles. The van der Waals surface area contributed by atoms with Crippen LogP contribution >= 0.6 is 0 Å². The summed E-state index contributed by atoms with van der Waals surface area (Å²) in [7, 11) is 3.93. The van der Waals surface area contributed by atoms with Crippen LogP contribution in [0.3, 0.4) is 0 Å². The maximum atomic E-state index is 5.08. The number of likely N-dealkylation sites (N-methyl/N-ethyl adjacent to an activating group) is 2. The summed E-state index contributed by atoms with van der Waals surface area (Å²) in [5.74, 6) is 0. The molecule has 1 rings (SSSR count). The van der Waals surface area contributed by atoms with Gasteiger partial charge in [0.25, 0.3) is 0 Å². The zero-order chi connectivity index (χ0) is 6.74. The Bertz CT molecular complexity index is 85.5. The van der Waals surface area contributed by atoms with Gasteiger partial charge in [-0.1, -0.05) is 0 Å². The second kappa shape index (κ2) is 2.64. The summed E-state index contributed by atoms with van der Waals surface area (Å²) in [6.07, 6.45) is 0. The first-order valence-electron chi connectivity index (χ1n) is 3.24. The highest BCUT2D eigenvalue weighted by Gasteiger charge is 2.35. The average Bonchev–Trinajstić information content (AvgIpc) is 1.79. The predicted molar refractivity (Wildman–Crippen MR) is 36.5 cm³/mol. The van der Waals surface area contributed by atoms with Gasteiger partial charge in [0.15, 0.2) is 0 Å². The molecule has 0 radical (unpaired) electrons. The number of hydrogen-bond donors (Lipinski definition) is 2. The first-order chi connectivity index (χ1) is 4.33. The van der Waals surface area contributed by atoms with E-state index in [2.05, 4.69) is 10.6 Å². The topological polar surface area (TPSA) is 33.3 Å². The molecule has 0 saturated carbocycles. The van der Waals surface area contributed by atoms with Crippen LogP contribution in [0.15, 0.2) is 0 Å². The first kappa shape index (κ1) is 6.99. The van der Waals surface area contributed by atoms with Gasteiger partial charge in [-0.3, -0.25) is 0 Å². The van der Waals surface area contributed by atoms with Crippen LogP contribution in [-0.4, -0.2) is 39.4 Å². The molecule has 0 amide bonds. The van der Waals surface area contributed by atoms with Gasteiger partial charge in [0, 0.05) is 6.54 Å². The van der Waals surface area contributed by atoms with Gasteiger partial charge in [0.05, 0.1) is 18.8 Å². The summed E-state index contributed by atoms with van der Waals surface area (Å²) in [6, 6.07) is 0. The van der Waals surface area contributed by atoms with E-state index in [9.17, 15) is 0 Å². The van der Waals surface area contributed by atoms with E-state index in [-0.39, 0.29) is 5.54 Å². The number of hydrogen-bond acceptors (Lipinski definition) is 3. The largest absolute Gasteiger partial charge is 0.377 e. The Labute approximate surface area is 55.8 Å². The van der Waals surface area contributed by atoms with E-state index in [0.717, 1.165) is 19.8 Å². The van der Waals surface area contributed by atoms with Gasteiger partial charge >= 0.3 is 0 Å². The monoisotopic (exact) mass is 130 g/mol. The number of ether oxygens (including phenoxy) is 1. The molecule has 1 fully saturated rings. The van der Waals surface area contributed by atoms with Gasteiger partial charge in [-0.2, -0.15) is 0 Å². The lowest BCUT2D eigenvalue weighted by molar-refractivity contribution is -0.0684. The molecule has 1 heterocycles. The third-order valence-corrected chi connectivity index (χ3v) is 1.80. The zero-order valence-corrected chi connectivity index (χ0v) is 6.03. The Hall–Kier alpha value is -0.120. The van der Waals surface area contributed by atoms with Crippen molar-refractivity contribution >= 4 is 0 Å². The molecule has 2 N–H and O–H groups in total. The number of nitrogens with one attached hydrogen (secondary N) is 2. The van der Waals surface area contributed by atoms with Crippen LogP contribution in [0, 0.1) is 0 Å². The zero-order valence-electron chi connectivity index (χ0n) is 6.03. The van der Waals surface area contributed by atoms with Gasteiger partial charge in [-0.15, -0.1) is 0 Å². The summed E-state index contributed by atoms with van der Waals surface area (Å²) in [5, 5.41) is 6.35. The molecular formula is C6H14N2O. The Morgan fingerprint density at radius 2 is 2.11 bits per heavy atom. The Morgan fingerprint density at radius 1 is 1.44 bits per heavy atom. The molecule has 3 heteroatoms. The van der Waals surface area contributed by atoms with Crippen LogP contribution in [0.2, 0.25) is 0 Å². The average molecular weight is 130 g/mol. The molecule has 54 valence electrons. The van der Waals surface area contributed by atoms with Crippen LogP contribution in [0.1, 0.15) is 0 Å². The normalized spacial score (nSPS) is 23.3. The van der Waals surface area contributed by atoms with Gasteiger partial charge in [-0.25, -0.2) is 0 Å². The Kier molecular flexibility index (Phi) is 2.05. The van der Waals surface area contributed by atoms with Crippen molar-refractivity contribution in [3.63, 3.8) is 0 Å². The van der Waals surface area contributed by atoms with Crippen molar-refractivity contribution < 1.29 is 4.74 Å². The summed E-state index contributed by atoms with van der Waals surface area (Å²) < 4.78 is 5.08. The summed E-state index contributed by atoms with van der Waals surface area (Å²) >= 11 is 0. The maximum Gasteiger partial charge on any atom is 0.0777 e. The summed E-state index contributed by atoms with van der Waals surface area (Å²) in [6.45, 7) is 2.66. The molecule has 3 nitrogen and oxygen atoms in total. The molecule has 0 bridgehead atoms. The molecule has 1 aliphatic rings. The minimum atomic E-state index is 0.231. The highest BCUT2D eigenvalue weighted by Crippen LogP contribution is 2.14. The van der Waals surface area contributed by atoms with E-state index in [1.165, 1.54) is 0 Å². The van der Waals surface area contributed by atoms with Crippen molar-refractivity contribution in [2.24, 2.45) is 0 Å². The van der Waals surface area contributed by atoms with Crippen LogP contribution < -0.4 is 10.6 Å². The Morgan fingerprint density at radius 3 is 2.22 bits per heavy atom. The molecule has 0 spiro atoms. The van der Waals surface area contributed by atoms with E-state index in [1.807, 2.05) is 14.1 Å². The SMILES string of the molecule is CNCC1(NC)COC1. The molecule has 0 aromatic rings. The predicted octanol–water partition coefficient (Wildman–Crippen LogP) is -0.806. The quantitative estimate of drug-likeness (QED) is 0.524. The van der Waals surface area contributed by atoms with Crippen molar-refractivity contribution in [3.05, 3.63) is 0 Å². The van der Waals surface area contributed by atoms with Gasteiger partial charge in [-0.05, 0) is 14.1 Å². The van der Waals surface area contributed by atoms with E-state index < -0.39 is 0 Å². The van der Waals surface area contributed by atoms with Crippen molar-refractivity contribution in [3.8, 4) is 0 Å². The molecule has 0 aromatic heterocycles. The van der Waals surface area contributed by atoms with Gasteiger partial charge in [0.1, 0.15) is 0 Å². The van der Waals surface area contributed by atoms with E-state index in [1.54, 1.807) is 0 Å². The number of rotatable bonds is 3. The van der Waals surface area contributed by atoms with Gasteiger partial charge in [0.2, 0.25) is 0 Å². The first-order valence-corrected chi connectivity index (χ1v) is 3.24. The smallest absolute Gasteiger partial charge is 0.0777 e. The van der Waals surface area contributed by atoms with Crippen molar-refractivity contribution in [2.75, 3.05) is 33.9 Å². The Balaban J connectivity index is 2.28. The lowest BCUT2D eigenvalue weighted by Crippen LogP contribution is -2.64. The molecule has 1 saturated heterocycles. The van der Waals surface area contributed by atoms with E-state index in [4.69, 9.17) is 4.74 Å². The maximum absolute atomic E-state index is 5.08. The molecule has 0 unspecified atom stereocenters.